The molecule has 1 aromatic carbocycles. The van der Waals surface area contributed by atoms with Gasteiger partial charge in [0, 0.05) is 10.8 Å². The molecular weight excluding hydrogens is 347 g/mol. The first-order valence-electron chi connectivity index (χ1n) is 7.46. The van der Waals surface area contributed by atoms with Crippen LogP contribution >= 0.6 is 11.3 Å². The van der Waals surface area contributed by atoms with E-state index in [0.717, 1.165) is 11.1 Å². The van der Waals surface area contributed by atoms with Crippen molar-refractivity contribution in [3.63, 3.8) is 0 Å². The topological polar surface area (TPSA) is 88.5 Å². The Bertz CT molecular complexity index is 798. The molecular formula is C17H19FN2O4S. The lowest BCUT2D eigenvalue weighted by molar-refractivity contribution is -0.139. The molecule has 0 aliphatic rings. The molecule has 1 aromatic heterocycles. The standard InChI is InChI=1S/C17H19FN2O4S/c1-17(2,3)16-19-11(8-25-16)14(21)20-13(15(22)23)9-5-6-12(24-4)10(18)7-9/h5-8,13H,1-4H3,(H,20,21)(H,22,23). The Morgan fingerprint density at radius 2 is 2.04 bits per heavy atom. The maximum absolute atomic E-state index is 13.8. The lowest BCUT2D eigenvalue weighted by atomic mass is 9.98. The number of carboxylic acid groups (broad SMARTS) is 1. The first-order valence-corrected chi connectivity index (χ1v) is 8.34. The number of rotatable bonds is 5. The van der Waals surface area contributed by atoms with Crippen molar-refractivity contribution in [3.05, 3.63) is 45.7 Å². The summed E-state index contributed by atoms with van der Waals surface area (Å²) in [4.78, 5) is 28.1. The molecule has 6 nitrogen and oxygen atoms in total. The Hall–Kier alpha value is -2.48. The molecule has 134 valence electrons. The maximum atomic E-state index is 13.8. The summed E-state index contributed by atoms with van der Waals surface area (Å²) in [6.07, 6.45) is 0. The Morgan fingerprint density at radius 3 is 2.52 bits per heavy atom. The second-order valence-corrected chi connectivity index (χ2v) is 7.28. The van der Waals surface area contributed by atoms with E-state index in [-0.39, 0.29) is 22.4 Å². The van der Waals surface area contributed by atoms with Crippen LogP contribution in [-0.4, -0.2) is 29.1 Å². The number of amides is 1. The number of halogens is 1. The van der Waals surface area contributed by atoms with E-state index in [1.54, 1.807) is 5.38 Å². The van der Waals surface area contributed by atoms with Gasteiger partial charge in [0.15, 0.2) is 17.6 Å². The van der Waals surface area contributed by atoms with E-state index in [0.29, 0.717) is 0 Å². The van der Waals surface area contributed by atoms with Crippen LogP contribution in [0.4, 0.5) is 4.39 Å². The van der Waals surface area contributed by atoms with Crippen LogP contribution in [0, 0.1) is 5.82 Å². The SMILES string of the molecule is COc1ccc(C(NC(=O)c2csc(C(C)(C)C)n2)C(=O)O)cc1F. The number of nitrogens with zero attached hydrogens (tertiary/aromatic N) is 1. The zero-order chi connectivity index (χ0) is 18.8. The number of carboxylic acids is 1. The van der Waals surface area contributed by atoms with Gasteiger partial charge in [-0.05, 0) is 17.7 Å². The van der Waals surface area contributed by atoms with Gasteiger partial charge in [0.05, 0.1) is 12.1 Å². The number of thiazole rings is 1. The predicted octanol–water partition coefficient (Wildman–Crippen LogP) is 3.14. The van der Waals surface area contributed by atoms with Crippen molar-refractivity contribution in [1.82, 2.24) is 10.3 Å². The van der Waals surface area contributed by atoms with Gasteiger partial charge in [0.1, 0.15) is 5.69 Å². The highest BCUT2D eigenvalue weighted by Crippen LogP contribution is 2.26. The zero-order valence-electron chi connectivity index (χ0n) is 14.3. The van der Waals surface area contributed by atoms with Gasteiger partial charge in [-0.15, -0.1) is 11.3 Å². The summed E-state index contributed by atoms with van der Waals surface area (Å²) < 4.78 is 18.6. The average molecular weight is 366 g/mol. The van der Waals surface area contributed by atoms with Crippen molar-refractivity contribution < 1.29 is 23.8 Å². The molecule has 2 aromatic rings. The number of benzene rings is 1. The predicted molar refractivity (Wildman–Crippen MR) is 91.6 cm³/mol. The van der Waals surface area contributed by atoms with E-state index in [4.69, 9.17) is 4.74 Å². The Balaban J connectivity index is 2.24. The Morgan fingerprint density at radius 1 is 1.36 bits per heavy atom. The van der Waals surface area contributed by atoms with Crippen LogP contribution in [0.2, 0.25) is 0 Å². The van der Waals surface area contributed by atoms with Crippen molar-refractivity contribution in [1.29, 1.82) is 0 Å². The molecule has 0 aliphatic heterocycles. The van der Waals surface area contributed by atoms with Crippen LogP contribution in [0.1, 0.15) is 47.9 Å². The summed E-state index contributed by atoms with van der Waals surface area (Å²) in [5.41, 5.74) is 0.0229. The highest BCUT2D eigenvalue weighted by Gasteiger charge is 2.26. The van der Waals surface area contributed by atoms with Crippen LogP contribution in [0.15, 0.2) is 23.6 Å². The van der Waals surface area contributed by atoms with E-state index in [9.17, 15) is 19.1 Å². The molecule has 0 spiro atoms. The average Bonchev–Trinajstić information content (AvgIpc) is 3.02. The van der Waals surface area contributed by atoms with Gasteiger partial charge in [0.25, 0.3) is 5.91 Å². The fraction of sp³-hybridized carbons (Fsp3) is 0.353. The first-order chi connectivity index (χ1) is 11.6. The molecule has 0 fully saturated rings. The highest BCUT2D eigenvalue weighted by atomic mass is 32.1. The number of aliphatic carboxylic acids is 1. The minimum Gasteiger partial charge on any atom is -0.494 e. The molecule has 2 N–H and O–H groups in total. The fourth-order valence-electron chi connectivity index (χ4n) is 2.08. The molecule has 0 aliphatic carbocycles. The van der Waals surface area contributed by atoms with Crippen LogP contribution in [-0.2, 0) is 10.2 Å². The van der Waals surface area contributed by atoms with E-state index >= 15 is 0 Å². The third kappa shape index (κ3) is 4.33. The third-order valence-electron chi connectivity index (χ3n) is 3.41. The lowest BCUT2D eigenvalue weighted by Crippen LogP contribution is -2.34. The molecule has 25 heavy (non-hydrogen) atoms. The number of methoxy groups -OCH3 is 1. The summed E-state index contributed by atoms with van der Waals surface area (Å²) in [5, 5.41) is 14.1. The molecule has 0 saturated carbocycles. The van der Waals surface area contributed by atoms with Crippen molar-refractivity contribution in [2.75, 3.05) is 7.11 Å². The molecule has 0 radical (unpaired) electrons. The Kier molecular flexibility index (Phi) is 5.42. The van der Waals surface area contributed by atoms with Gasteiger partial charge in [-0.3, -0.25) is 4.79 Å². The molecule has 1 atom stereocenters. The smallest absolute Gasteiger partial charge is 0.330 e. The van der Waals surface area contributed by atoms with Crippen LogP contribution in [0.25, 0.3) is 0 Å². The lowest BCUT2D eigenvalue weighted by Gasteiger charge is -2.15. The van der Waals surface area contributed by atoms with E-state index in [1.165, 1.54) is 30.6 Å². The number of nitrogens with one attached hydrogen (secondary N) is 1. The summed E-state index contributed by atoms with van der Waals surface area (Å²) in [6, 6.07) is 2.34. The zero-order valence-corrected chi connectivity index (χ0v) is 15.1. The maximum Gasteiger partial charge on any atom is 0.330 e. The fourth-order valence-corrected chi connectivity index (χ4v) is 2.96. The Labute approximate surface area is 148 Å². The minimum atomic E-state index is -1.40. The normalized spacial score (nSPS) is 12.5. The first kappa shape index (κ1) is 18.9. The molecule has 1 amide bonds. The van der Waals surface area contributed by atoms with Crippen molar-refractivity contribution >= 4 is 23.2 Å². The van der Waals surface area contributed by atoms with Crippen LogP contribution in [0.5, 0.6) is 5.75 Å². The van der Waals surface area contributed by atoms with Gasteiger partial charge in [-0.25, -0.2) is 14.2 Å². The summed E-state index contributed by atoms with van der Waals surface area (Å²) in [6.45, 7) is 5.90. The monoisotopic (exact) mass is 366 g/mol. The second kappa shape index (κ2) is 7.18. The molecule has 8 heteroatoms. The number of hydrogen-bond donors (Lipinski definition) is 2. The molecule has 1 unspecified atom stereocenters. The molecule has 0 bridgehead atoms. The summed E-state index contributed by atoms with van der Waals surface area (Å²) >= 11 is 1.33. The van der Waals surface area contributed by atoms with Gasteiger partial charge in [-0.2, -0.15) is 0 Å². The van der Waals surface area contributed by atoms with Crippen molar-refractivity contribution in [3.8, 4) is 5.75 Å². The number of aromatic nitrogens is 1. The van der Waals surface area contributed by atoms with E-state index < -0.39 is 23.7 Å². The minimum absolute atomic E-state index is 0.00599. The molecule has 1 heterocycles. The van der Waals surface area contributed by atoms with Gasteiger partial charge in [0.2, 0.25) is 0 Å². The van der Waals surface area contributed by atoms with E-state index in [2.05, 4.69) is 10.3 Å². The van der Waals surface area contributed by atoms with Crippen LogP contribution in [0.3, 0.4) is 0 Å². The quantitative estimate of drug-likeness (QED) is 0.849. The van der Waals surface area contributed by atoms with Gasteiger partial charge >= 0.3 is 5.97 Å². The third-order valence-corrected chi connectivity index (χ3v) is 4.68. The number of carbonyl (C=O) groups is 2. The largest absolute Gasteiger partial charge is 0.494 e. The van der Waals surface area contributed by atoms with Crippen LogP contribution < -0.4 is 10.1 Å². The van der Waals surface area contributed by atoms with E-state index in [1.807, 2.05) is 20.8 Å². The molecule has 0 saturated heterocycles. The summed E-state index contributed by atoms with van der Waals surface area (Å²) in [5.74, 6) is -2.64. The number of ether oxygens (including phenoxy) is 1. The van der Waals surface area contributed by atoms with Crippen molar-refractivity contribution in [2.24, 2.45) is 0 Å². The number of carbonyl (C=O) groups excluding carboxylic acids is 1. The number of hydrogen-bond acceptors (Lipinski definition) is 5. The second-order valence-electron chi connectivity index (χ2n) is 6.43. The summed E-state index contributed by atoms with van der Waals surface area (Å²) in [7, 11) is 1.31. The highest BCUT2D eigenvalue weighted by molar-refractivity contribution is 7.10. The van der Waals surface area contributed by atoms with Crippen molar-refractivity contribution in [2.45, 2.75) is 32.2 Å². The van der Waals surface area contributed by atoms with Gasteiger partial charge < -0.3 is 15.2 Å². The van der Waals surface area contributed by atoms with Gasteiger partial charge in [-0.1, -0.05) is 26.8 Å². The molecule has 2 rings (SSSR count).